The number of phenols is 1. The molecule has 0 aliphatic carbocycles. The fourth-order valence-electron chi connectivity index (χ4n) is 1.50. The number of hydrogen-bond acceptors (Lipinski definition) is 5. The monoisotopic (exact) mass is 282 g/mol. The highest BCUT2D eigenvalue weighted by Crippen LogP contribution is 2.18. The van der Waals surface area contributed by atoms with Crippen LogP contribution in [0.3, 0.4) is 0 Å². The zero-order chi connectivity index (χ0) is 13.9. The van der Waals surface area contributed by atoms with Crippen molar-refractivity contribution in [2.45, 2.75) is 11.6 Å². The van der Waals surface area contributed by atoms with Crippen LogP contribution in [0.5, 0.6) is 5.75 Å². The van der Waals surface area contributed by atoms with Crippen molar-refractivity contribution in [3.8, 4) is 5.75 Å². The molecule has 102 valence electrons. The molecule has 0 atom stereocenters. The van der Waals surface area contributed by atoms with Crippen LogP contribution >= 0.6 is 0 Å². The second-order valence-electron chi connectivity index (χ2n) is 3.83. The van der Waals surface area contributed by atoms with Gasteiger partial charge in [-0.05, 0) is 31.3 Å². The molecular formula is C12H14N2O4S. The van der Waals surface area contributed by atoms with Gasteiger partial charge in [-0.2, -0.15) is 0 Å². The molecule has 0 saturated carbocycles. The SMILES string of the molecule is CNS(=O)(=O)c1ccc(CNc2cccc(O)c2)o1. The van der Waals surface area contributed by atoms with Crippen LogP contribution in [-0.4, -0.2) is 20.6 Å². The van der Waals surface area contributed by atoms with Gasteiger partial charge >= 0.3 is 0 Å². The van der Waals surface area contributed by atoms with Gasteiger partial charge in [-0.3, -0.25) is 0 Å². The Morgan fingerprint density at radius 3 is 2.74 bits per heavy atom. The van der Waals surface area contributed by atoms with Crippen LogP contribution in [0.25, 0.3) is 0 Å². The minimum Gasteiger partial charge on any atom is -0.508 e. The highest BCUT2D eigenvalue weighted by molar-refractivity contribution is 7.89. The number of aromatic hydroxyl groups is 1. The first-order chi connectivity index (χ1) is 9.01. The van der Waals surface area contributed by atoms with Crippen molar-refractivity contribution in [1.82, 2.24) is 4.72 Å². The Morgan fingerprint density at radius 1 is 1.26 bits per heavy atom. The third-order valence-electron chi connectivity index (χ3n) is 2.48. The minimum atomic E-state index is -3.55. The van der Waals surface area contributed by atoms with E-state index in [9.17, 15) is 13.5 Å². The Hall–Kier alpha value is -1.99. The highest BCUT2D eigenvalue weighted by atomic mass is 32.2. The lowest BCUT2D eigenvalue weighted by Crippen LogP contribution is -2.17. The molecule has 0 radical (unpaired) electrons. The summed E-state index contributed by atoms with van der Waals surface area (Å²) in [7, 11) is -2.23. The summed E-state index contributed by atoms with van der Waals surface area (Å²) in [5, 5.41) is 12.2. The van der Waals surface area contributed by atoms with Crippen LogP contribution < -0.4 is 10.0 Å². The molecule has 0 unspecified atom stereocenters. The molecular weight excluding hydrogens is 268 g/mol. The van der Waals surface area contributed by atoms with Gasteiger partial charge in [0.1, 0.15) is 11.5 Å². The maximum Gasteiger partial charge on any atom is 0.273 e. The molecule has 6 nitrogen and oxygen atoms in total. The van der Waals surface area contributed by atoms with Crippen LogP contribution in [0.15, 0.2) is 45.9 Å². The van der Waals surface area contributed by atoms with Gasteiger partial charge in [-0.1, -0.05) is 6.07 Å². The summed E-state index contributed by atoms with van der Waals surface area (Å²) in [4.78, 5) is 0. The number of benzene rings is 1. The Balaban J connectivity index is 2.05. The number of nitrogens with one attached hydrogen (secondary N) is 2. The largest absolute Gasteiger partial charge is 0.508 e. The maximum absolute atomic E-state index is 11.5. The summed E-state index contributed by atoms with van der Waals surface area (Å²) in [5.41, 5.74) is 0.717. The van der Waals surface area contributed by atoms with Crippen molar-refractivity contribution in [3.63, 3.8) is 0 Å². The first-order valence-electron chi connectivity index (χ1n) is 5.56. The molecule has 0 spiro atoms. The van der Waals surface area contributed by atoms with Crippen LogP contribution in [0, 0.1) is 0 Å². The predicted molar refractivity (Wildman–Crippen MR) is 70.4 cm³/mol. The molecule has 2 aromatic rings. The average Bonchev–Trinajstić information content (AvgIpc) is 2.86. The van der Waals surface area contributed by atoms with Gasteiger partial charge in [0.25, 0.3) is 10.0 Å². The maximum atomic E-state index is 11.5. The van der Waals surface area contributed by atoms with E-state index in [4.69, 9.17) is 4.42 Å². The molecule has 19 heavy (non-hydrogen) atoms. The molecule has 1 aromatic carbocycles. The fraction of sp³-hybridized carbons (Fsp3) is 0.167. The Bertz CT molecular complexity index is 664. The molecule has 1 aromatic heterocycles. The van der Waals surface area contributed by atoms with Gasteiger partial charge in [-0.15, -0.1) is 0 Å². The third kappa shape index (κ3) is 3.27. The van der Waals surface area contributed by atoms with E-state index in [-0.39, 0.29) is 10.8 Å². The van der Waals surface area contributed by atoms with Crippen molar-refractivity contribution < 1.29 is 17.9 Å². The molecule has 7 heteroatoms. The van der Waals surface area contributed by atoms with Gasteiger partial charge in [0.05, 0.1) is 6.54 Å². The van der Waals surface area contributed by atoms with Gasteiger partial charge < -0.3 is 14.8 Å². The predicted octanol–water partition coefficient (Wildman–Crippen LogP) is 1.51. The highest BCUT2D eigenvalue weighted by Gasteiger charge is 2.16. The summed E-state index contributed by atoms with van der Waals surface area (Å²) in [6.07, 6.45) is 0. The van der Waals surface area contributed by atoms with Crippen LogP contribution in [0.1, 0.15) is 5.76 Å². The van der Waals surface area contributed by atoms with Gasteiger partial charge in [0, 0.05) is 11.8 Å². The molecule has 0 fully saturated rings. The first kappa shape index (κ1) is 13.4. The topological polar surface area (TPSA) is 91.6 Å². The quantitative estimate of drug-likeness (QED) is 0.773. The van der Waals surface area contributed by atoms with E-state index in [1.165, 1.54) is 13.1 Å². The van der Waals surface area contributed by atoms with Gasteiger partial charge in [-0.25, -0.2) is 13.1 Å². The van der Waals surface area contributed by atoms with Crippen molar-refractivity contribution >= 4 is 15.7 Å². The summed E-state index contributed by atoms with van der Waals surface area (Å²) in [6, 6.07) is 9.60. The number of furan rings is 1. The standard InChI is InChI=1S/C12H14N2O4S/c1-13-19(16,17)12-6-5-11(18-12)8-14-9-3-2-4-10(15)7-9/h2-7,13-15H,8H2,1H3. The van der Waals surface area contributed by atoms with Crippen LogP contribution in [0.4, 0.5) is 5.69 Å². The molecule has 2 rings (SSSR count). The average molecular weight is 282 g/mol. The number of hydrogen-bond donors (Lipinski definition) is 3. The third-order valence-corrected chi connectivity index (χ3v) is 3.77. The Morgan fingerprint density at radius 2 is 2.05 bits per heavy atom. The summed E-state index contributed by atoms with van der Waals surface area (Å²) in [6.45, 7) is 0.322. The molecule has 0 aliphatic heterocycles. The van der Waals surface area contributed by atoms with Crippen LogP contribution in [0.2, 0.25) is 0 Å². The van der Waals surface area contributed by atoms with E-state index < -0.39 is 10.0 Å². The molecule has 3 N–H and O–H groups in total. The Kier molecular flexibility index (Phi) is 3.77. The van der Waals surface area contributed by atoms with E-state index in [1.54, 1.807) is 30.3 Å². The molecule has 0 aliphatic rings. The first-order valence-corrected chi connectivity index (χ1v) is 7.05. The smallest absolute Gasteiger partial charge is 0.273 e. The van der Waals surface area contributed by atoms with Crippen molar-refractivity contribution in [2.75, 3.05) is 12.4 Å². The van der Waals surface area contributed by atoms with Crippen LogP contribution in [-0.2, 0) is 16.6 Å². The van der Waals surface area contributed by atoms with E-state index in [2.05, 4.69) is 10.0 Å². The van der Waals surface area contributed by atoms with Gasteiger partial charge in [0.2, 0.25) is 5.09 Å². The van der Waals surface area contributed by atoms with E-state index in [0.29, 0.717) is 12.3 Å². The Labute approximate surface area is 111 Å². The second-order valence-corrected chi connectivity index (χ2v) is 5.65. The van der Waals surface area contributed by atoms with Crippen molar-refractivity contribution in [1.29, 1.82) is 0 Å². The number of sulfonamides is 1. The van der Waals surface area contributed by atoms with Crippen molar-refractivity contribution in [2.24, 2.45) is 0 Å². The molecule has 0 bridgehead atoms. The molecule has 0 amide bonds. The molecule has 0 saturated heterocycles. The summed E-state index contributed by atoms with van der Waals surface area (Å²) >= 11 is 0. The number of rotatable bonds is 5. The lowest BCUT2D eigenvalue weighted by Gasteiger charge is -2.04. The molecule has 1 heterocycles. The fourth-order valence-corrected chi connectivity index (χ4v) is 2.17. The van der Waals surface area contributed by atoms with E-state index in [0.717, 1.165) is 5.69 Å². The number of anilines is 1. The lowest BCUT2D eigenvalue weighted by molar-refractivity contribution is 0.417. The zero-order valence-corrected chi connectivity index (χ0v) is 11.1. The number of phenolic OH excluding ortho intramolecular Hbond substituents is 1. The van der Waals surface area contributed by atoms with E-state index >= 15 is 0 Å². The lowest BCUT2D eigenvalue weighted by atomic mass is 10.3. The minimum absolute atomic E-state index is 0.122. The van der Waals surface area contributed by atoms with Crippen molar-refractivity contribution in [3.05, 3.63) is 42.2 Å². The van der Waals surface area contributed by atoms with E-state index in [1.807, 2.05) is 0 Å². The second kappa shape index (κ2) is 5.33. The summed E-state index contributed by atoms with van der Waals surface area (Å²) < 4.78 is 30.3. The normalized spacial score (nSPS) is 11.4. The van der Waals surface area contributed by atoms with Gasteiger partial charge in [0.15, 0.2) is 0 Å². The summed E-state index contributed by atoms with van der Waals surface area (Å²) in [5.74, 6) is 0.639. The zero-order valence-electron chi connectivity index (χ0n) is 10.3.